The van der Waals surface area contributed by atoms with E-state index in [0.717, 1.165) is 0 Å². The fourth-order valence-corrected chi connectivity index (χ4v) is 3.30. The van der Waals surface area contributed by atoms with Gasteiger partial charge in [0.1, 0.15) is 11.3 Å². The van der Waals surface area contributed by atoms with Crippen LogP contribution in [0.1, 0.15) is 26.3 Å². The lowest BCUT2D eigenvalue weighted by molar-refractivity contribution is -0.385. The third-order valence-electron chi connectivity index (χ3n) is 4.82. The van der Waals surface area contributed by atoms with Gasteiger partial charge in [-0.3, -0.25) is 19.7 Å². The minimum atomic E-state index is -0.523. The van der Waals surface area contributed by atoms with Gasteiger partial charge in [0, 0.05) is 37.3 Å². The number of rotatable bonds is 4. The number of amides is 2. The van der Waals surface area contributed by atoms with Crippen LogP contribution in [0.15, 0.2) is 42.5 Å². The van der Waals surface area contributed by atoms with Crippen LogP contribution in [0.3, 0.4) is 0 Å². The molecule has 8 nitrogen and oxygen atoms in total. The molecule has 0 spiro atoms. The molecule has 0 saturated carbocycles. The molecular weight excluding hydrogens is 362 g/mol. The maximum absolute atomic E-state index is 12.8. The second kappa shape index (κ2) is 8.08. The van der Waals surface area contributed by atoms with Gasteiger partial charge in [-0.05, 0) is 31.2 Å². The maximum atomic E-state index is 12.8. The van der Waals surface area contributed by atoms with Crippen LogP contribution in [-0.2, 0) is 0 Å². The molecule has 0 aliphatic carbocycles. The zero-order valence-electron chi connectivity index (χ0n) is 15.8. The molecule has 28 heavy (non-hydrogen) atoms. The lowest BCUT2D eigenvalue weighted by atomic mass is 10.1. The number of carbonyl (C=O) groups excluding carboxylic acids is 2. The summed E-state index contributed by atoms with van der Waals surface area (Å²) in [5.74, 6) is 0.0860. The van der Waals surface area contributed by atoms with E-state index in [1.165, 1.54) is 6.07 Å². The first kappa shape index (κ1) is 19.3. The number of piperazine rings is 1. The summed E-state index contributed by atoms with van der Waals surface area (Å²) in [6.07, 6.45) is 0. The summed E-state index contributed by atoms with van der Waals surface area (Å²) in [5.41, 5.74) is 0.885. The van der Waals surface area contributed by atoms with Crippen LogP contribution in [0.25, 0.3) is 0 Å². The Morgan fingerprint density at radius 3 is 2.21 bits per heavy atom. The summed E-state index contributed by atoms with van der Waals surface area (Å²) in [4.78, 5) is 39.5. The minimum absolute atomic E-state index is 0.0811. The average Bonchev–Trinajstić information content (AvgIpc) is 2.72. The lowest BCUT2D eigenvalue weighted by Crippen LogP contribution is -2.50. The van der Waals surface area contributed by atoms with Crippen molar-refractivity contribution in [3.63, 3.8) is 0 Å². The van der Waals surface area contributed by atoms with Gasteiger partial charge in [0.05, 0.1) is 12.0 Å². The Hall–Kier alpha value is -3.42. The molecule has 1 aliphatic rings. The molecule has 2 aromatic rings. The van der Waals surface area contributed by atoms with E-state index in [1.807, 2.05) is 0 Å². The number of methoxy groups -OCH3 is 1. The smallest absolute Gasteiger partial charge is 0.285 e. The van der Waals surface area contributed by atoms with E-state index < -0.39 is 4.92 Å². The van der Waals surface area contributed by atoms with Crippen LogP contribution < -0.4 is 4.74 Å². The zero-order valence-corrected chi connectivity index (χ0v) is 15.8. The molecule has 1 saturated heterocycles. The minimum Gasteiger partial charge on any atom is -0.497 e. The van der Waals surface area contributed by atoms with E-state index in [1.54, 1.807) is 60.2 Å². The van der Waals surface area contributed by atoms with Gasteiger partial charge in [-0.15, -0.1) is 0 Å². The Balaban J connectivity index is 1.70. The van der Waals surface area contributed by atoms with Gasteiger partial charge in [-0.2, -0.15) is 0 Å². The summed E-state index contributed by atoms with van der Waals surface area (Å²) in [6, 6.07) is 11.6. The fourth-order valence-electron chi connectivity index (χ4n) is 3.30. The van der Waals surface area contributed by atoms with E-state index in [0.29, 0.717) is 43.1 Å². The molecule has 1 fully saturated rings. The summed E-state index contributed by atoms with van der Waals surface area (Å²) in [5, 5.41) is 11.4. The number of benzene rings is 2. The second-order valence-electron chi connectivity index (χ2n) is 6.54. The number of nitro benzene ring substituents is 1. The Morgan fingerprint density at radius 1 is 1.00 bits per heavy atom. The molecule has 0 bridgehead atoms. The van der Waals surface area contributed by atoms with Gasteiger partial charge in [-0.1, -0.05) is 18.2 Å². The van der Waals surface area contributed by atoms with Crippen molar-refractivity contribution < 1.29 is 19.2 Å². The summed E-state index contributed by atoms with van der Waals surface area (Å²) in [7, 11) is 1.54. The van der Waals surface area contributed by atoms with Crippen molar-refractivity contribution in [2.75, 3.05) is 33.3 Å². The van der Waals surface area contributed by atoms with Crippen molar-refractivity contribution in [2.45, 2.75) is 6.92 Å². The SMILES string of the molecule is COc1cccc(C(=O)N2CCN(C(=O)c3cccc(C)c3[N+](=O)[O-])CC2)c1. The Labute approximate surface area is 162 Å². The standard InChI is InChI=1S/C20H21N3O5/c1-14-5-3-8-17(18(14)23(26)27)20(25)22-11-9-21(10-12-22)19(24)15-6-4-7-16(13-15)28-2/h3-8,13H,9-12H2,1-2H3. The highest BCUT2D eigenvalue weighted by molar-refractivity contribution is 5.99. The lowest BCUT2D eigenvalue weighted by Gasteiger charge is -2.34. The molecule has 0 unspecified atom stereocenters. The molecule has 1 heterocycles. The van der Waals surface area contributed by atoms with Crippen LogP contribution in [0.4, 0.5) is 5.69 Å². The van der Waals surface area contributed by atoms with Crippen LogP contribution in [-0.4, -0.2) is 59.8 Å². The molecule has 2 aromatic carbocycles. The first-order chi connectivity index (χ1) is 13.4. The van der Waals surface area contributed by atoms with Gasteiger partial charge in [0.15, 0.2) is 0 Å². The highest BCUT2D eigenvalue weighted by atomic mass is 16.6. The van der Waals surface area contributed by atoms with Gasteiger partial charge < -0.3 is 14.5 Å². The molecule has 0 radical (unpaired) electrons. The third kappa shape index (κ3) is 3.80. The number of para-hydroxylation sites is 1. The average molecular weight is 383 g/mol. The van der Waals surface area contributed by atoms with Crippen LogP contribution in [0, 0.1) is 17.0 Å². The normalized spacial score (nSPS) is 13.9. The van der Waals surface area contributed by atoms with Gasteiger partial charge in [0.25, 0.3) is 17.5 Å². The third-order valence-corrected chi connectivity index (χ3v) is 4.82. The molecule has 0 aromatic heterocycles. The van der Waals surface area contributed by atoms with Crippen molar-refractivity contribution >= 4 is 17.5 Å². The van der Waals surface area contributed by atoms with E-state index >= 15 is 0 Å². The van der Waals surface area contributed by atoms with E-state index in [9.17, 15) is 19.7 Å². The molecule has 0 atom stereocenters. The number of hydrogen-bond acceptors (Lipinski definition) is 5. The molecule has 0 N–H and O–H groups in total. The summed E-state index contributed by atoms with van der Waals surface area (Å²) < 4.78 is 5.15. The maximum Gasteiger partial charge on any atom is 0.285 e. The first-order valence-electron chi connectivity index (χ1n) is 8.89. The van der Waals surface area contributed by atoms with Crippen molar-refractivity contribution in [1.82, 2.24) is 9.80 Å². The summed E-state index contributed by atoms with van der Waals surface area (Å²) >= 11 is 0. The zero-order chi connectivity index (χ0) is 20.3. The fraction of sp³-hybridized carbons (Fsp3) is 0.300. The number of aryl methyl sites for hydroxylation is 1. The van der Waals surface area contributed by atoms with E-state index in [4.69, 9.17) is 4.74 Å². The molecule has 2 amide bonds. The topological polar surface area (TPSA) is 93.0 Å². The number of hydrogen-bond donors (Lipinski definition) is 0. The van der Waals surface area contributed by atoms with E-state index in [2.05, 4.69) is 0 Å². The molecule has 146 valence electrons. The molecule has 8 heteroatoms. The number of nitro groups is 1. The van der Waals surface area contributed by atoms with Gasteiger partial charge >= 0.3 is 0 Å². The first-order valence-corrected chi connectivity index (χ1v) is 8.89. The predicted molar refractivity (Wildman–Crippen MR) is 103 cm³/mol. The Kier molecular flexibility index (Phi) is 5.58. The highest BCUT2D eigenvalue weighted by Crippen LogP contribution is 2.25. The number of carbonyl (C=O) groups is 2. The van der Waals surface area contributed by atoms with E-state index in [-0.39, 0.29) is 23.1 Å². The number of ether oxygens (including phenoxy) is 1. The quantitative estimate of drug-likeness (QED) is 0.597. The summed E-state index contributed by atoms with van der Waals surface area (Å²) in [6.45, 7) is 2.97. The van der Waals surface area contributed by atoms with Crippen LogP contribution in [0.2, 0.25) is 0 Å². The largest absolute Gasteiger partial charge is 0.497 e. The predicted octanol–water partition coefficient (Wildman–Crippen LogP) is 2.51. The second-order valence-corrected chi connectivity index (χ2v) is 6.54. The Bertz CT molecular complexity index is 920. The van der Waals surface area contributed by atoms with Crippen molar-refractivity contribution in [2.24, 2.45) is 0 Å². The molecule has 3 rings (SSSR count). The van der Waals surface area contributed by atoms with Crippen LogP contribution >= 0.6 is 0 Å². The molecular formula is C20H21N3O5. The monoisotopic (exact) mass is 383 g/mol. The van der Waals surface area contributed by atoms with Crippen molar-refractivity contribution in [3.05, 3.63) is 69.3 Å². The van der Waals surface area contributed by atoms with Crippen LogP contribution in [0.5, 0.6) is 5.75 Å². The van der Waals surface area contributed by atoms with Crippen molar-refractivity contribution in [3.8, 4) is 5.75 Å². The number of nitrogens with zero attached hydrogens (tertiary/aromatic N) is 3. The highest BCUT2D eigenvalue weighted by Gasteiger charge is 2.30. The Morgan fingerprint density at radius 2 is 1.61 bits per heavy atom. The van der Waals surface area contributed by atoms with Gasteiger partial charge in [0.2, 0.25) is 0 Å². The van der Waals surface area contributed by atoms with Crippen molar-refractivity contribution in [1.29, 1.82) is 0 Å². The van der Waals surface area contributed by atoms with Gasteiger partial charge in [-0.25, -0.2) is 0 Å². The molecule has 1 aliphatic heterocycles.